The van der Waals surface area contributed by atoms with Crippen molar-refractivity contribution >= 4 is 33.0 Å². The van der Waals surface area contributed by atoms with Gasteiger partial charge in [0.25, 0.3) is 5.56 Å². The van der Waals surface area contributed by atoms with E-state index < -0.39 is 0 Å². The Morgan fingerprint density at radius 2 is 1.94 bits per heavy atom. The van der Waals surface area contributed by atoms with E-state index in [1.807, 2.05) is 69.3 Å². The number of hydrogen-bond acceptors (Lipinski definition) is 5. The van der Waals surface area contributed by atoms with Crippen LogP contribution in [0.4, 0.5) is 0 Å². The molecular weight excluding hydrogens is 482 g/mol. The highest BCUT2D eigenvalue weighted by Gasteiger charge is 2.12. The van der Waals surface area contributed by atoms with Crippen LogP contribution in [0.2, 0.25) is 0 Å². The van der Waals surface area contributed by atoms with Crippen LogP contribution in [-0.4, -0.2) is 27.0 Å². The zero-order valence-electron chi connectivity index (χ0n) is 18.5. The Bertz CT molecular complexity index is 1460. The molecule has 0 aliphatic rings. The van der Waals surface area contributed by atoms with Gasteiger partial charge in [-0.25, -0.2) is 4.98 Å². The number of nitriles is 1. The molecule has 2 heterocycles. The summed E-state index contributed by atoms with van der Waals surface area (Å²) in [6, 6.07) is 17.0. The van der Waals surface area contributed by atoms with E-state index in [2.05, 4.69) is 30.6 Å². The van der Waals surface area contributed by atoms with Crippen molar-refractivity contribution < 1.29 is 4.74 Å². The zero-order chi connectivity index (χ0) is 23.5. The Hall–Kier alpha value is -3.70. The molecule has 2 aromatic heterocycles. The van der Waals surface area contributed by atoms with E-state index in [0.29, 0.717) is 28.9 Å². The number of benzene rings is 2. The second-order valence-electron chi connectivity index (χ2n) is 7.51. The normalized spacial score (nSPS) is 11.2. The molecule has 4 rings (SSSR count). The Balaban J connectivity index is 1.72. The van der Waals surface area contributed by atoms with Crippen molar-refractivity contribution in [3.8, 4) is 17.5 Å². The van der Waals surface area contributed by atoms with Crippen LogP contribution in [0.15, 0.2) is 62.9 Å². The first kappa shape index (κ1) is 22.5. The van der Waals surface area contributed by atoms with Gasteiger partial charge in [0.05, 0.1) is 17.1 Å². The molecule has 7 nitrogen and oxygen atoms in total. The van der Waals surface area contributed by atoms with Crippen molar-refractivity contribution in [3.63, 3.8) is 0 Å². The van der Waals surface area contributed by atoms with Crippen molar-refractivity contribution in [1.82, 2.24) is 14.2 Å². The molecule has 2 aromatic carbocycles. The molecule has 4 aromatic rings. The fourth-order valence-electron chi connectivity index (χ4n) is 3.79. The number of aromatic nitrogens is 3. The predicted octanol–water partition coefficient (Wildman–Crippen LogP) is 4.91. The number of fused-ring (bicyclic) bond motifs is 1. The molecule has 166 valence electrons. The molecule has 0 atom stereocenters. The highest BCUT2D eigenvalue weighted by molar-refractivity contribution is 9.10. The molecule has 0 amide bonds. The smallest absolute Gasteiger partial charge is 0.282 e. The lowest BCUT2D eigenvalue weighted by Gasteiger charge is -2.11. The fraction of sp³-hybridized carbons (Fsp3) is 0.200. The van der Waals surface area contributed by atoms with Crippen molar-refractivity contribution in [3.05, 3.63) is 86.1 Å². The number of aryl methyl sites for hydroxylation is 2. The molecule has 0 radical (unpaired) electrons. The lowest BCUT2D eigenvalue weighted by Crippen LogP contribution is -2.22. The predicted molar refractivity (Wildman–Crippen MR) is 132 cm³/mol. The molecule has 33 heavy (non-hydrogen) atoms. The molecule has 0 unspecified atom stereocenters. The molecule has 0 bridgehead atoms. The lowest BCUT2D eigenvalue weighted by atomic mass is 10.2. The maximum atomic E-state index is 13.1. The first-order valence-electron chi connectivity index (χ1n) is 10.5. The summed E-state index contributed by atoms with van der Waals surface area (Å²) >= 11 is 3.42. The quantitative estimate of drug-likeness (QED) is 0.349. The zero-order valence-corrected chi connectivity index (χ0v) is 20.1. The summed E-state index contributed by atoms with van der Waals surface area (Å²) in [6.07, 6.45) is 2.28. The first-order chi connectivity index (χ1) is 15.9. The van der Waals surface area contributed by atoms with Crippen LogP contribution < -0.4 is 10.3 Å². The molecule has 0 fully saturated rings. The number of nitrogens with zero attached hydrogens (tertiary/aromatic N) is 5. The summed E-state index contributed by atoms with van der Waals surface area (Å²) in [5.41, 5.74) is 4.36. The van der Waals surface area contributed by atoms with Crippen molar-refractivity contribution in [2.24, 2.45) is 5.10 Å². The van der Waals surface area contributed by atoms with Crippen LogP contribution in [0.5, 0.6) is 5.75 Å². The molecule has 0 aliphatic heterocycles. The summed E-state index contributed by atoms with van der Waals surface area (Å²) in [6.45, 7) is 5.99. The second kappa shape index (κ2) is 9.43. The van der Waals surface area contributed by atoms with Gasteiger partial charge in [0.2, 0.25) is 0 Å². The minimum absolute atomic E-state index is 0.0151. The van der Waals surface area contributed by atoms with Gasteiger partial charge < -0.3 is 9.30 Å². The highest BCUT2D eigenvalue weighted by Crippen LogP contribution is 2.22. The maximum Gasteiger partial charge on any atom is 0.282 e. The van der Waals surface area contributed by atoms with Gasteiger partial charge in [-0.1, -0.05) is 22.9 Å². The van der Waals surface area contributed by atoms with Gasteiger partial charge in [-0.3, -0.25) is 4.79 Å². The first-order valence-corrected chi connectivity index (χ1v) is 11.3. The molecule has 0 aliphatic carbocycles. The Morgan fingerprint density at radius 1 is 1.18 bits per heavy atom. The van der Waals surface area contributed by atoms with E-state index in [0.717, 1.165) is 27.1 Å². The average Bonchev–Trinajstić information content (AvgIpc) is 3.10. The van der Waals surface area contributed by atoms with E-state index in [1.165, 1.54) is 4.68 Å². The maximum absolute atomic E-state index is 13.1. The molecular formula is C25H22BrN5O2. The van der Waals surface area contributed by atoms with Crippen molar-refractivity contribution in [2.45, 2.75) is 27.2 Å². The van der Waals surface area contributed by atoms with Crippen LogP contribution >= 0.6 is 15.9 Å². The largest absolute Gasteiger partial charge is 0.479 e. The summed E-state index contributed by atoms with van der Waals surface area (Å²) in [5.74, 6) is 1.25. The van der Waals surface area contributed by atoms with Crippen LogP contribution in [-0.2, 0) is 6.42 Å². The third-order valence-corrected chi connectivity index (χ3v) is 5.87. The summed E-state index contributed by atoms with van der Waals surface area (Å²) in [7, 11) is 0. The lowest BCUT2D eigenvalue weighted by molar-refractivity contribution is 0.368. The summed E-state index contributed by atoms with van der Waals surface area (Å²) in [4.78, 5) is 17.7. The van der Waals surface area contributed by atoms with Gasteiger partial charge in [-0.2, -0.15) is 15.0 Å². The summed E-state index contributed by atoms with van der Waals surface area (Å²) in [5, 5.41) is 13.7. The molecule has 8 heteroatoms. The summed E-state index contributed by atoms with van der Waals surface area (Å²) < 4.78 is 9.64. The average molecular weight is 504 g/mol. The van der Waals surface area contributed by atoms with E-state index in [9.17, 15) is 4.79 Å². The van der Waals surface area contributed by atoms with Crippen LogP contribution in [0.1, 0.15) is 29.7 Å². The van der Waals surface area contributed by atoms with Crippen LogP contribution in [0.25, 0.3) is 16.6 Å². The van der Waals surface area contributed by atoms with Gasteiger partial charge in [-0.15, -0.1) is 0 Å². The standard InChI is InChI=1S/C25H22BrN5O2/c1-4-24-29-23-10-5-19(26)14-22(23)25(32)31(24)28-15-18-13-16(2)30(17(18)3)20-6-8-21(9-7-20)33-12-11-27/h5-10,13-15H,4,12H2,1-3H3. The van der Waals surface area contributed by atoms with Gasteiger partial charge >= 0.3 is 0 Å². The Kier molecular flexibility index (Phi) is 6.43. The van der Waals surface area contributed by atoms with Gasteiger partial charge in [-0.05, 0) is 62.4 Å². The number of rotatable bonds is 6. The van der Waals surface area contributed by atoms with Gasteiger partial charge in [0, 0.05) is 33.5 Å². The Morgan fingerprint density at radius 3 is 2.64 bits per heavy atom. The van der Waals surface area contributed by atoms with E-state index in [-0.39, 0.29) is 12.2 Å². The van der Waals surface area contributed by atoms with Gasteiger partial charge in [0.15, 0.2) is 6.61 Å². The van der Waals surface area contributed by atoms with Crippen molar-refractivity contribution in [1.29, 1.82) is 5.26 Å². The number of halogens is 1. The Labute approximate surface area is 199 Å². The highest BCUT2D eigenvalue weighted by atomic mass is 79.9. The minimum atomic E-state index is -0.198. The monoisotopic (exact) mass is 503 g/mol. The van der Waals surface area contributed by atoms with Crippen molar-refractivity contribution in [2.75, 3.05) is 6.61 Å². The second-order valence-corrected chi connectivity index (χ2v) is 8.42. The number of ether oxygens (including phenoxy) is 1. The fourth-order valence-corrected chi connectivity index (χ4v) is 4.15. The topological polar surface area (TPSA) is 85.2 Å². The third kappa shape index (κ3) is 4.45. The van der Waals surface area contributed by atoms with Gasteiger partial charge in [0.1, 0.15) is 17.6 Å². The minimum Gasteiger partial charge on any atom is -0.479 e. The molecule has 0 spiro atoms. The molecule has 0 N–H and O–H groups in total. The molecule has 0 saturated heterocycles. The van der Waals surface area contributed by atoms with E-state index in [4.69, 9.17) is 10.00 Å². The molecule has 0 saturated carbocycles. The SMILES string of the molecule is CCc1nc2ccc(Br)cc2c(=O)n1N=Cc1cc(C)n(-c2ccc(OCC#N)cc2)c1C. The van der Waals surface area contributed by atoms with E-state index >= 15 is 0 Å². The van der Waals surface area contributed by atoms with Crippen LogP contribution in [0.3, 0.4) is 0 Å². The number of hydrogen-bond donors (Lipinski definition) is 0. The third-order valence-electron chi connectivity index (χ3n) is 5.37. The van der Waals surface area contributed by atoms with Crippen LogP contribution in [0, 0.1) is 25.2 Å². The van der Waals surface area contributed by atoms with E-state index in [1.54, 1.807) is 12.3 Å².